The number of carbonyl (C=O) groups excluding carboxylic acids is 1. The van der Waals surface area contributed by atoms with E-state index in [1.807, 2.05) is 19.2 Å². The standard InChI is InChI=1S/C26H34N6O3/c1-31(25-29-21-14-23(35-3)22(34-2)13-20(21)24(28)30-25)17-26(18-7-5-4-6-8-18)9-11-32(12-10-26)19(15-27)16-33/h4-8,13-14,16,19H,9-12,15,17,27H2,1-3H3,(H2,28,29,30). The first-order valence-electron chi connectivity index (χ1n) is 11.8. The van der Waals surface area contributed by atoms with Gasteiger partial charge in [0.25, 0.3) is 0 Å². The second-order valence-electron chi connectivity index (χ2n) is 9.11. The SMILES string of the molecule is COc1cc2nc(N(C)CC3(c4ccccc4)CCN(C(C=O)CN)CC3)nc(N)c2cc1OC. The maximum absolute atomic E-state index is 11.5. The van der Waals surface area contributed by atoms with E-state index < -0.39 is 0 Å². The van der Waals surface area contributed by atoms with Crippen molar-refractivity contribution in [2.45, 2.75) is 24.3 Å². The minimum absolute atomic E-state index is 0.126. The number of nitrogens with two attached hydrogens (primary N) is 2. The summed E-state index contributed by atoms with van der Waals surface area (Å²) in [5.41, 5.74) is 14.0. The van der Waals surface area contributed by atoms with Crippen molar-refractivity contribution in [1.82, 2.24) is 14.9 Å². The average molecular weight is 479 g/mol. The Morgan fingerprint density at radius 2 is 1.77 bits per heavy atom. The predicted octanol–water partition coefficient (Wildman–Crippen LogP) is 2.23. The van der Waals surface area contributed by atoms with Crippen molar-refractivity contribution < 1.29 is 14.3 Å². The fraction of sp³-hybridized carbons (Fsp3) is 0.423. The van der Waals surface area contributed by atoms with Crippen LogP contribution < -0.4 is 25.8 Å². The van der Waals surface area contributed by atoms with E-state index in [4.69, 9.17) is 25.9 Å². The van der Waals surface area contributed by atoms with Gasteiger partial charge in [-0.05, 0) is 37.6 Å². The van der Waals surface area contributed by atoms with Gasteiger partial charge in [0, 0.05) is 37.0 Å². The minimum atomic E-state index is -0.239. The minimum Gasteiger partial charge on any atom is -0.493 e. The molecular formula is C26H34N6O3. The van der Waals surface area contributed by atoms with Gasteiger partial charge < -0.3 is 30.6 Å². The number of likely N-dealkylation sites (N-methyl/N-ethyl adjacent to an activating group) is 1. The van der Waals surface area contributed by atoms with Crippen LogP contribution in [0.3, 0.4) is 0 Å². The lowest BCUT2D eigenvalue weighted by Crippen LogP contribution is -2.53. The van der Waals surface area contributed by atoms with Gasteiger partial charge in [-0.3, -0.25) is 4.90 Å². The molecule has 0 saturated carbocycles. The number of hydrogen-bond acceptors (Lipinski definition) is 9. The third-order valence-electron chi connectivity index (χ3n) is 7.11. The maximum Gasteiger partial charge on any atom is 0.227 e. The van der Waals surface area contributed by atoms with E-state index in [-0.39, 0.29) is 11.5 Å². The topological polar surface area (TPSA) is 120 Å². The van der Waals surface area contributed by atoms with E-state index in [0.717, 1.165) is 32.2 Å². The summed E-state index contributed by atoms with van der Waals surface area (Å²) in [4.78, 5) is 25.1. The molecule has 1 aliphatic rings. The molecule has 4 N–H and O–H groups in total. The van der Waals surface area contributed by atoms with Gasteiger partial charge in [0.2, 0.25) is 5.95 Å². The number of methoxy groups -OCH3 is 2. The Labute approximate surface area is 206 Å². The Morgan fingerprint density at radius 1 is 1.11 bits per heavy atom. The third-order valence-corrected chi connectivity index (χ3v) is 7.11. The summed E-state index contributed by atoms with van der Waals surface area (Å²) in [5, 5.41) is 0.715. The highest BCUT2D eigenvalue weighted by molar-refractivity contribution is 5.91. The van der Waals surface area contributed by atoms with Gasteiger partial charge >= 0.3 is 0 Å². The normalized spacial score (nSPS) is 16.6. The van der Waals surface area contributed by atoms with Crippen molar-refractivity contribution in [3.8, 4) is 11.5 Å². The van der Waals surface area contributed by atoms with Crippen LogP contribution in [-0.4, -0.2) is 74.6 Å². The molecule has 9 heteroatoms. The number of fused-ring (bicyclic) bond motifs is 1. The van der Waals surface area contributed by atoms with Gasteiger partial charge in [-0.15, -0.1) is 0 Å². The molecule has 1 aliphatic heterocycles. The van der Waals surface area contributed by atoms with Crippen LogP contribution in [0.25, 0.3) is 10.9 Å². The largest absolute Gasteiger partial charge is 0.493 e. The Balaban J connectivity index is 1.66. The van der Waals surface area contributed by atoms with E-state index in [9.17, 15) is 4.79 Å². The lowest BCUT2D eigenvalue weighted by Gasteiger charge is -2.45. The molecule has 9 nitrogen and oxygen atoms in total. The molecule has 1 saturated heterocycles. The summed E-state index contributed by atoms with van der Waals surface area (Å²) in [6.07, 6.45) is 2.73. The number of nitrogen functional groups attached to an aromatic ring is 1. The van der Waals surface area contributed by atoms with Crippen molar-refractivity contribution in [1.29, 1.82) is 0 Å². The quantitative estimate of drug-likeness (QED) is 0.446. The molecule has 0 radical (unpaired) electrons. The third kappa shape index (κ3) is 4.87. The Hall–Kier alpha value is -3.43. The molecule has 35 heavy (non-hydrogen) atoms. The first kappa shape index (κ1) is 24.7. The van der Waals surface area contributed by atoms with Crippen molar-refractivity contribution in [2.75, 3.05) is 58.1 Å². The highest BCUT2D eigenvalue weighted by Gasteiger charge is 2.39. The monoisotopic (exact) mass is 478 g/mol. The van der Waals surface area contributed by atoms with E-state index in [2.05, 4.69) is 39.0 Å². The molecule has 186 valence electrons. The van der Waals surface area contributed by atoms with E-state index >= 15 is 0 Å². The van der Waals surface area contributed by atoms with Crippen molar-refractivity contribution in [2.24, 2.45) is 5.73 Å². The summed E-state index contributed by atoms with van der Waals surface area (Å²) in [5.74, 6) is 2.10. The van der Waals surface area contributed by atoms with Crippen molar-refractivity contribution >= 4 is 29.0 Å². The number of piperidine rings is 1. The van der Waals surface area contributed by atoms with Crippen LogP contribution in [0.15, 0.2) is 42.5 Å². The first-order valence-corrected chi connectivity index (χ1v) is 11.8. The molecule has 2 heterocycles. The zero-order valence-electron chi connectivity index (χ0n) is 20.6. The number of aldehydes is 1. The van der Waals surface area contributed by atoms with Gasteiger partial charge in [0.15, 0.2) is 11.5 Å². The van der Waals surface area contributed by atoms with E-state index in [1.54, 1.807) is 20.3 Å². The number of nitrogens with zero attached hydrogens (tertiary/aromatic N) is 4. The maximum atomic E-state index is 11.5. The number of benzene rings is 2. The Bertz CT molecular complexity index is 1160. The van der Waals surface area contributed by atoms with E-state index in [1.165, 1.54) is 5.56 Å². The zero-order chi connectivity index (χ0) is 25.0. The fourth-order valence-corrected chi connectivity index (χ4v) is 5.07. The average Bonchev–Trinajstić information content (AvgIpc) is 2.90. The summed E-state index contributed by atoms with van der Waals surface area (Å²) >= 11 is 0. The summed E-state index contributed by atoms with van der Waals surface area (Å²) < 4.78 is 10.9. The highest BCUT2D eigenvalue weighted by atomic mass is 16.5. The first-order chi connectivity index (χ1) is 16.9. The molecule has 1 unspecified atom stereocenters. The van der Waals surface area contributed by atoms with Crippen LogP contribution in [0.5, 0.6) is 11.5 Å². The van der Waals surface area contributed by atoms with Gasteiger partial charge in [-0.1, -0.05) is 30.3 Å². The van der Waals surface area contributed by atoms with Crippen LogP contribution >= 0.6 is 0 Å². The molecule has 3 aromatic rings. The smallest absolute Gasteiger partial charge is 0.227 e. The molecule has 4 rings (SSSR count). The molecule has 0 aliphatic carbocycles. The molecular weight excluding hydrogens is 444 g/mol. The molecule has 0 spiro atoms. The zero-order valence-corrected chi connectivity index (χ0v) is 20.6. The van der Waals surface area contributed by atoms with E-state index in [0.29, 0.717) is 47.3 Å². The molecule has 1 aromatic heterocycles. The molecule has 2 aromatic carbocycles. The van der Waals surface area contributed by atoms with Crippen LogP contribution in [-0.2, 0) is 10.2 Å². The summed E-state index contributed by atoms with van der Waals surface area (Å²) in [7, 11) is 5.17. The number of aromatic nitrogens is 2. The fourth-order valence-electron chi connectivity index (χ4n) is 5.07. The van der Waals surface area contributed by atoms with Crippen molar-refractivity contribution in [3.05, 3.63) is 48.0 Å². The van der Waals surface area contributed by atoms with Gasteiger partial charge in [-0.2, -0.15) is 4.98 Å². The summed E-state index contributed by atoms with van der Waals surface area (Å²) in [6.45, 7) is 2.62. The lowest BCUT2D eigenvalue weighted by molar-refractivity contribution is -0.112. The number of rotatable bonds is 9. The Morgan fingerprint density at radius 3 is 2.37 bits per heavy atom. The second kappa shape index (κ2) is 10.5. The molecule has 0 amide bonds. The highest BCUT2D eigenvalue weighted by Crippen LogP contribution is 2.38. The second-order valence-corrected chi connectivity index (χ2v) is 9.11. The van der Waals surface area contributed by atoms with Crippen molar-refractivity contribution in [3.63, 3.8) is 0 Å². The molecule has 1 atom stereocenters. The number of hydrogen-bond donors (Lipinski definition) is 2. The van der Waals surface area contributed by atoms with Crippen LogP contribution in [0.4, 0.5) is 11.8 Å². The lowest BCUT2D eigenvalue weighted by atomic mass is 9.72. The summed E-state index contributed by atoms with van der Waals surface area (Å²) in [6, 6.07) is 13.9. The number of anilines is 2. The number of likely N-dealkylation sites (tertiary alicyclic amines) is 1. The predicted molar refractivity (Wildman–Crippen MR) is 138 cm³/mol. The Kier molecular flexibility index (Phi) is 7.37. The van der Waals surface area contributed by atoms with Crippen LogP contribution in [0.2, 0.25) is 0 Å². The number of ether oxygens (including phenoxy) is 2. The molecule has 1 fully saturated rings. The van der Waals surface area contributed by atoms with Crippen LogP contribution in [0, 0.1) is 0 Å². The van der Waals surface area contributed by atoms with Gasteiger partial charge in [-0.25, -0.2) is 4.98 Å². The molecule has 0 bridgehead atoms. The number of carbonyl (C=O) groups is 1. The van der Waals surface area contributed by atoms with Gasteiger partial charge in [0.05, 0.1) is 25.8 Å². The van der Waals surface area contributed by atoms with Crippen LogP contribution in [0.1, 0.15) is 18.4 Å². The van der Waals surface area contributed by atoms with Gasteiger partial charge in [0.1, 0.15) is 12.1 Å².